The average molecular weight is 1340 g/mol. The second-order valence-corrected chi connectivity index (χ2v) is 19.8. The molecule has 0 saturated carbocycles. The van der Waals surface area contributed by atoms with E-state index in [1.807, 2.05) is 72.9 Å². The van der Waals surface area contributed by atoms with Gasteiger partial charge in [0.1, 0.15) is 22.9 Å². The van der Waals surface area contributed by atoms with Crippen LogP contribution in [0.15, 0.2) is 171 Å². The number of aromatic hydroxyl groups is 1. The molecule has 0 aliphatic heterocycles. The van der Waals surface area contributed by atoms with Gasteiger partial charge >= 0.3 is 26.4 Å². The maximum absolute atomic E-state index is 13.0. The third kappa shape index (κ3) is 16.3. The molecule has 0 amide bonds. The molecule has 5 aromatic heterocycles. The van der Waals surface area contributed by atoms with E-state index in [0.717, 1.165) is 43.6 Å². The quantitative estimate of drug-likeness (QED) is 0.0544. The van der Waals surface area contributed by atoms with E-state index in [2.05, 4.69) is 97.7 Å². The van der Waals surface area contributed by atoms with E-state index in [0.29, 0.717) is 46.9 Å². The lowest BCUT2D eigenvalue weighted by Crippen LogP contribution is -2.05. The number of anilines is 1. The number of aliphatic imine (C=N–C) groups is 1. The molecular weight excluding hydrogens is 1300 g/mol. The zero-order valence-electron chi connectivity index (χ0n) is 43.1. The number of alkyl halides is 8. The van der Waals surface area contributed by atoms with Gasteiger partial charge in [-0.15, -0.1) is 0 Å². The Morgan fingerprint density at radius 1 is 0.494 bits per heavy atom. The Bertz CT molecular complexity index is 4000. The topological polar surface area (TPSA) is 206 Å². The summed E-state index contributed by atoms with van der Waals surface area (Å²) in [6, 6.07) is 35.1. The van der Waals surface area contributed by atoms with E-state index < -0.39 is 26.4 Å². The first-order chi connectivity index (χ1) is 39.7. The molecule has 0 radical (unpaired) electrons. The van der Waals surface area contributed by atoms with Crippen LogP contribution in [0.25, 0.3) is 54.5 Å². The van der Waals surface area contributed by atoms with Crippen LogP contribution in [0.3, 0.4) is 0 Å². The highest BCUT2D eigenvalue weighted by molar-refractivity contribution is 9.11. The van der Waals surface area contributed by atoms with Crippen molar-refractivity contribution >= 4 is 119 Å². The van der Waals surface area contributed by atoms with Crippen molar-refractivity contribution in [2.24, 2.45) is 26.1 Å². The monoisotopic (exact) mass is 1340 g/mol. The number of H-pyrrole nitrogens is 2. The number of halogens is 11. The van der Waals surface area contributed by atoms with Crippen molar-refractivity contribution in [3.05, 3.63) is 177 Å². The van der Waals surface area contributed by atoms with Crippen LogP contribution in [0.4, 0.5) is 46.5 Å². The number of nitrogen functional groups attached to an aromatic ring is 1. The number of nitrogens with two attached hydrogens (primary N) is 1. The summed E-state index contributed by atoms with van der Waals surface area (Å²) in [5, 5.41) is 38.9. The first-order valence-corrected chi connectivity index (χ1v) is 26.3. The Morgan fingerprint density at radius 2 is 0.880 bits per heavy atom. The number of benzene rings is 7. The van der Waals surface area contributed by atoms with E-state index in [-0.39, 0.29) is 34.4 Å². The molecule has 28 heteroatoms. The number of aryl methyl sites for hydroxylation is 3. The van der Waals surface area contributed by atoms with Gasteiger partial charge in [0.2, 0.25) is 0 Å². The Morgan fingerprint density at radius 3 is 1.37 bits per heavy atom. The molecule has 7 aromatic carbocycles. The number of fused-ring (bicyclic) bond motifs is 5. The Hall–Kier alpha value is -8.76. The maximum atomic E-state index is 13.0. The van der Waals surface area contributed by atoms with Gasteiger partial charge in [0.25, 0.3) is 0 Å². The molecule has 5 heterocycles. The van der Waals surface area contributed by atoms with Crippen LogP contribution in [0.5, 0.6) is 28.7 Å². The summed E-state index contributed by atoms with van der Waals surface area (Å²) in [5.41, 5.74) is 11.7. The van der Waals surface area contributed by atoms with Crippen LogP contribution in [0.2, 0.25) is 0 Å². The number of ether oxygens (including phenoxy) is 4. The summed E-state index contributed by atoms with van der Waals surface area (Å²) in [5.74, 6) is 0.358. The Kier molecular flexibility index (Phi) is 19.9. The Labute approximate surface area is 489 Å². The fourth-order valence-electron chi connectivity index (χ4n) is 7.86. The van der Waals surface area contributed by atoms with Gasteiger partial charge in [-0.25, -0.2) is 4.99 Å². The minimum Gasteiger partial charge on any atom is -0.507 e. The lowest BCUT2D eigenvalue weighted by molar-refractivity contribution is -0.0509. The lowest BCUT2D eigenvalue weighted by Gasteiger charge is -2.11. The highest BCUT2D eigenvalue weighted by atomic mass is 79.9. The number of hydrogen-bond acceptors (Lipinski definition) is 12. The van der Waals surface area contributed by atoms with Gasteiger partial charge in [-0.05, 0) is 78.1 Å². The zero-order valence-corrected chi connectivity index (χ0v) is 47.8. The summed E-state index contributed by atoms with van der Waals surface area (Å²) >= 11 is 9.50. The number of aromatic amines is 2. The summed E-state index contributed by atoms with van der Waals surface area (Å²) in [7, 11) is 5.28. The van der Waals surface area contributed by atoms with Gasteiger partial charge in [0, 0.05) is 108 Å². The fourth-order valence-corrected chi connectivity index (χ4v) is 9.13. The van der Waals surface area contributed by atoms with Crippen LogP contribution in [0.1, 0.15) is 11.1 Å². The third-order valence-electron chi connectivity index (χ3n) is 11.3. The molecule has 0 bridgehead atoms. The Balaban J connectivity index is 0.000000142. The predicted molar refractivity (Wildman–Crippen MR) is 308 cm³/mol. The summed E-state index contributed by atoms with van der Waals surface area (Å²) < 4.78 is 122. The second kappa shape index (κ2) is 27.3. The predicted octanol–water partition coefficient (Wildman–Crippen LogP) is 15.0. The molecule has 12 rings (SSSR count). The largest absolute Gasteiger partial charge is 0.507 e. The molecule has 0 unspecified atom stereocenters. The summed E-state index contributed by atoms with van der Waals surface area (Å²) in [6.07, 6.45) is 8.67. The minimum absolute atomic E-state index is 0.00874. The number of phenolic OH excluding ortho intramolecular Hbond substituents is 1. The number of nitrogens with one attached hydrogen (secondary N) is 2. The third-order valence-corrected chi connectivity index (χ3v) is 13.2. The molecular formula is C55H43Br3F8N12O5. The van der Waals surface area contributed by atoms with Gasteiger partial charge in [-0.1, -0.05) is 60.7 Å². The normalized spacial score (nSPS) is 11.1. The molecule has 0 fully saturated rings. The zero-order chi connectivity index (χ0) is 59.5. The van der Waals surface area contributed by atoms with Crippen molar-refractivity contribution in [1.82, 2.24) is 49.7 Å². The number of aromatic nitrogens is 10. The van der Waals surface area contributed by atoms with Crippen molar-refractivity contribution in [3.8, 4) is 28.7 Å². The van der Waals surface area contributed by atoms with Crippen molar-refractivity contribution in [2.45, 2.75) is 26.4 Å². The van der Waals surface area contributed by atoms with Crippen molar-refractivity contribution < 1.29 is 59.2 Å². The highest BCUT2D eigenvalue weighted by Crippen LogP contribution is 2.36. The summed E-state index contributed by atoms with van der Waals surface area (Å²) in [6.45, 7) is -11.5. The standard InChI is InChI=1S/C22H17F2N3O.C9H7BrF2N2O.C9H9F2N3O.C8H5BrF2N2O.C7H5BrN2O/c1-27-14-17-12-19(20(28-22(23)24)13-18(17)26-27)25-21(15-8-4-2-5-9-15)16-10-6-3-7-11-16;1-14-4-5-2-6(10)8(15-9(11)12)3-7(5)13-14;1-14-4-5-2-6(12)8(15-9(10)11)3-7(5)13-14;9-5-1-4-3-12-13-6(4)2-7(5)14-8(10)11;8-5-1-4-3-9-10-6(4)2-7(5)11/h2-14,22H,1H3;2-4,9H,1H3;2-4,9H,12H2,1H3;1-3,8H,(H,12,13);1-3,11H,(H,9,10). The van der Waals surface area contributed by atoms with Crippen molar-refractivity contribution in [2.75, 3.05) is 5.73 Å². The smallest absolute Gasteiger partial charge is 0.387 e. The molecule has 0 spiro atoms. The van der Waals surface area contributed by atoms with Gasteiger partial charge in [-0.2, -0.15) is 60.6 Å². The van der Waals surface area contributed by atoms with Gasteiger partial charge < -0.3 is 29.8 Å². The number of nitrogens with zero attached hydrogens (tertiary/aromatic N) is 9. The highest BCUT2D eigenvalue weighted by Gasteiger charge is 2.17. The molecule has 12 aromatic rings. The number of hydrogen-bond donors (Lipinski definition) is 4. The maximum Gasteiger partial charge on any atom is 0.387 e. The van der Waals surface area contributed by atoms with Gasteiger partial charge in [0.15, 0.2) is 11.5 Å². The summed E-state index contributed by atoms with van der Waals surface area (Å²) in [4.78, 5) is 4.73. The number of rotatable bonds is 11. The minimum atomic E-state index is -2.95. The molecule has 0 saturated heterocycles. The molecule has 0 aliphatic rings. The van der Waals surface area contributed by atoms with Crippen molar-refractivity contribution in [3.63, 3.8) is 0 Å². The van der Waals surface area contributed by atoms with Gasteiger partial charge in [-0.3, -0.25) is 24.2 Å². The molecule has 83 heavy (non-hydrogen) atoms. The van der Waals surface area contributed by atoms with Crippen LogP contribution >= 0.6 is 47.8 Å². The molecule has 5 N–H and O–H groups in total. The fraction of sp³-hybridized carbons (Fsp3) is 0.127. The van der Waals surface area contributed by atoms with Gasteiger partial charge in [0.05, 0.1) is 64.8 Å². The average Bonchev–Trinajstić information content (AvgIpc) is 4.47. The van der Waals surface area contributed by atoms with E-state index in [9.17, 15) is 40.2 Å². The first-order valence-electron chi connectivity index (χ1n) is 23.9. The first kappa shape index (κ1) is 60.3. The molecule has 430 valence electrons. The van der Waals surface area contributed by atoms with Crippen molar-refractivity contribution in [1.29, 1.82) is 0 Å². The van der Waals surface area contributed by atoms with E-state index in [1.165, 1.54) is 24.3 Å². The lowest BCUT2D eigenvalue weighted by atomic mass is 10.0. The SMILES string of the molecule is Cn1cc2cc(Br)c(OC(F)F)cc2n1.Cn1cc2cc(N)c(OC(F)F)cc2n1.Cn1cc2cc(N=C(c3ccccc3)c3ccccc3)c(OC(F)F)cc2n1.FC(F)Oc1cc2[nH]ncc2cc1Br.Oc1cc2[nH]ncc2cc1Br. The molecule has 0 atom stereocenters. The molecule has 0 aliphatic carbocycles. The molecule has 17 nitrogen and oxygen atoms in total. The van der Waals surface area contributed by atoms with E-state index in [4.69, 9.17) is 15.5 Å². The number of phenols is 1. The van der Waals surface area contributed by atoms with Crippen LogP contribution in [-0.4, -0.2) is 87.0 Å². The van der Waals surface area contributed by atoms with E-state index in [1.54, 1.807) is 90.3 Å². The van der Waals surface area contributed by atoms with Crippen LogP contribution in [0, 0.1) is 0 Å². The van der Waals surface area contributed by atoms with Crippen LogP contribution in [-0.2, 0) is 21.1 Å². The van der Waals surface area contributed by atoms with E-state index >= 15 is 0 Å². The second-order valence-electron chi connectivity index (χ2n) is 17.3. The van der Waals surface area contributed by atoms with Crippen LogP contribution < -0.4 is 24.7 Å².